The second-order valence-corrected chi connectivity index (χ2v) is 14.0. The van der Waals surface area contributed by atoms with Crippen LogP contribution < -0.4 is 5.32 Å². The first-order valence-corrected chi connectivity index (χ1v) is 16.5. The second-order valence-electron chi connectivity index (χ2n) is 14.0. The lowest BCUT2D eigenvalue weighted by Crippen LogP contribution is -2.30. The minimum Gasteiger partial charge on any atom is -0.459 e. The van der Waals surface area contributed by atoms with Crippen molar-refractivity contribution in [2.24, 2.45) is 0 Å². The lowest BCUT2D eigenvalue weighted by atomic mass is 9.66. The van der Waals surface area contributed by atoms with E-state index in [1.807, 2.05) is 0 Å². The summed E-state index contributed by atoms with van der Waals surface area (Å²) in [6.07, 6.45) is 11.9. The molecule has 0 saturated heterocycles. The molecule has 1 N–H and O–H groups in total. The molecule has 0 amide bonds. The number of nitrogens with zero attached hydrogens (tertiary/aromatic N) is 1. The fraction of sp³-hybridized carbons (Fsp3) is 0.209. The smallest absolute Gasteiger partial charge is 0.159 e. The van der Waals surface area contributed by atoms with Crippen LogP contribution >= 0.6 is 0 Å². The molecule has 3 nitrogen and oxygen atoms in total. The van der Waals surface area contributed by atoms with E-state index in [4.69, 9.17) is 4.42 Å². The Morgan fingerprint density at radius 3 is 2.33 bits per heavy atom. The summed E-state index contributed by atoms with van der Waals surface area (Å²) in [5.41, 5.74) is 13.2. The Morgan fingerprint density at radius 2 is 1.54 bits per heavy atom. The first kappa shape index (κ1) is 27.3. The van der Waals surface area contributed by atoms with Crippen LogP contribution in [0.2, 0.25) is 0 Å². The van der Waals surface area contributed by atoms with Crippen molar-refractivity contribution in [2.75, 3.05) is 6.54 Å². The highest BCUT2D eigenvalue weighted by Crippen LogP contribution is 2.56. The van der Waals surface area contributed by atoms with Crippen LogP contribution in [0.3, 0.4) is 0 Å². The quantitative estimate of drug-likeness (QED) is 0.220. The highest BCUT2D eigenvalue weighted by atomic mass is 16.3. The fourth-order valence-corrected chi connectivity index (χ4v) is 8.75. The van der Waals surface area contributed by atoms with Gasteiger partial charge in [0.25, 0.3) is 0 Å². The molecular formula is C43H38N2O. The number of allylic oxidation sites excluding steroid dienone is 6. The molecule has 9 rings (SSSR count). The molecule has 0 bridgehead atoms. The molecule has 46 heavy (non-hydrogen) atoms. The monoisotopic (exact) mass is 598 g/mol. The van der Waals surface area contributed by atoms with Crippen LogP contribution in [0.5, 0.6) is 0 Å². The highest BCUT2D eigenvalue weighted by molar-refractivity contribution is 6.24. The number of fused-ring (bicyclic) bond motifs is 9. The molecule has 2 aliphatic carbocycles. The summed E-state index contributed by atoms with van der Waals surface area (Å²) < 4.78 is 9.32. The minimum atomic E-state index is -0.274. The van der Waals surface area contributed by atoms with E-state index in [1.54, 1.807) is 0 Å². The van der Waals surface area contributed by atoms with E-state index in [0.29, 0.717) is 0 Å². The maximum absolute atomic E-state index is 6.83. The molecule has 6 aromatic rings. The predicted molar refractivity (Wildman–Crippen MR) is 192 cm³/mol. The third-order valence-corrected chi connectivity index (χ3v) is 11.1. The van der Waals surface area contributed by atoms with Crippen LogP contribution in [-0.4, -0.2) is 11.1 Å². The summed E-state index contributed by atoms with van der Waals surface area (Å²) in [5.74, 6) is 1.17. The van der Waals surface area contributed by atoms with Gasteiger partial charge in [0, 0.05) is 56.4 Å². The maximum Gasteiger partial charge on any atom is 0.159 e. The third kappa shape index (κ3) is 3.49. The van der Waals surface area contributed by atoms with Gasteiger partial charge in [-0.3, -0.25) is 0 Å². The van der Waals surface area contributed by atoms with Gasteiger partial charge in [0.15, 0.2) is 5.58 Å². The minimum absolute atomic E-state index is 0.179. The lowest BCUT2D eigenvalue weighted by molar-refractivity contribution is 0.525. The number of aromatic nitrogens is 1. The Kier molecular flexibility index (Phi) is 5.64. The molecule has 2 aromatic heterocycles. The van der Waals surface area contributed by atoms with Crippen molar-refractivity contribution < 1.29 is 4.42 Å². The average Bonchev–Trinajstić information content (AvgIpc) is 3.66. The van der Waals surface area contributed by atoms with Gasteiger partial charge in [0.1, 0.15) is 5.76 Å². The number of aryl methyl sites for hydroxylation is 2. The molecular weight excluding hydrogens is 560 g/mol. The van der Waals surface area contributed by atoms with Crippen molar-refractivity contribution in [3.63, 3.8) is 0 Å². The molecule has 226 valence electrons. The number of hydrogen-bond acceptors (Lipinski definition) is 2. The Labute approximate surface area is 270 Å². The predicted octanol–water partition coefficient (Wildman–Crippen LogP) is 10.5. The molecule has 3 aliphatic rings. The molecule has 0 spiro atoms. The molecule has 0 saturated carbocycles. The summed E-state index contributed by atoms with van der Waals surface area (Å²) in [4.78, 5) is 0. The van der Waals surface area contributed by atoms with Crippen LogP contribution in [-0.2, 0) is 10.8 Å². The summed E-state index contributed by atoms with van der Waals surface area (Å²) >= 11 is 0. The molecule has 0 radical (unpaired) electrons. The van der Waals surface area contributed by atoms with Gasteiger partial charge in [0.05, 0.1) is 11.0 Å². The summed E-state index contributed by atoms with van der Waals surface area (Å²) in [5, 5.41) is 7.57. The number of dihydropyridines is 1. The van der Waals surface area contributed by atoms with Crippen LogP contribution in [0, 0.1) is 13.8 Å². The van der Waals surface area contributed by atoms with Crippen LogP contribution in [0.15, 0.2) is 125 Å². The normalized spacial score (nSPS) is 21.6. The Balaban J connectivity index is 1.42. The van der Waals surface area contributed by atoms with Gasteiger partial charge in [-0.05, 0) is 59.9 Å². The molecule has 2 atom stereocenters. The molecule has 1 aliphatic heterocycles. The lowest BCUT2D eigenvalue weighted by Gasteiger charge is -2.38. The Morgan fingerprint density at radius 1 is 0.826 bits per heavy atom. The zero-order valence-electron chi connectivity index (χ0n) is 27.1. The van der Waals surface area contributed by atoms with Crippen molar-refractivity contribution in [3.8, 4) is 0 Å². The van der Waals surface area contributed by atoms with Gasteiger partial charge in [-0.25, -0.2) is 0 Å². The van der Waals surface area contributed by atoms with Crippen molar-refractivity contribution in [1.29, 1.82) is 0 Å². The van der Waals surface area contributed by atoms with E-state index in [9.17, 15) is 0 Å². The van der Waals surface area contributed by atoms with Gasteiger partial charge in [-0.1, -0.05) is 118 Å². The summed E-state index contributed by atoms with van der Waals surface area (Å²) in [6.45, 7) is 12.3. The number of hydrogen-bond donors (Lipinski definition) is 1. The molecule has 3 heteroatoms. The van der Waals surface area contributed by atoms with Crippen molar-refractivity contribution in [1.82, 2.24) is 9.88 Å². The van der Waals surface area contributed by atoms with Crippen molar-refractivity contribution in [3.05, 3.63) is 154 Å². The zero-order valence-corrected chi connectivity index (χ0v) is 27.1. The summed E-state index contributed by atoms with van der Waals surface area (Å²) in [6, 6.07) is 30.8. The van der Waals surface area contributed by atoms with E-state index in [2.05, 4.69) is 160 Å². The van der Waals surface area contributed by atoms with Crippen LogP contribution in [0.1, 0.15) is 60.3 Å². The van der Waals surface area contributed by atoms with Crippen molar-refractivity contribution >= 4 is 44.2 Å². The molecule has 2 unspecified atom stereocenters. The molecule has 4 aromatic carbocycles. The average molecular weight is 599 g/mol. The maximum atomic E-state index is 6.83. The van der Waals surface area contributed by atoms with Gasteiger partial charge >= 0.3 is 0 Å². The van der Waals surface area contributed by atoms with Crippen LogP contribution in [0.4, 0.5) is 0 Å². The summed E-state index contributed by atoms with van der Waals surface area (Å²) in [7, 11) is 0. The largest absolute Gasteiger partial charge is 0.459 e. The van der Waals surface area contributed by atoms with Crippen LogP contribution in [0.25, 0.3) is 44.2 Å². The van der Waals surface area contributed by atoms with E-state index in [0.717, 1.165) is 23.4 Å². The van der Waals surface area contributed by atoms with E-state index >= 15 is 0 Å². The SMILES string of the molecule is Cc1oc2c(c1C)c1c(c3c4ccccc4n(C4=CC(C)(c5ccccc5)C(c5ccccc5)C=C4)c23)C(C)(C)C2=C1NCC=C2. The van der Waals surface area contributed by atoms with Gasteiger partial charge < -0.3 is 14.3 Å². The van der Waals surface area contributed by atoms with Gasteiger partial charge in [0.2, 0.25) is 0 Å². The fourth-order valence-electron chi connectivity index (χ4n) is 8.75. The topological polar surface area (TPSA) is 30.1 Å². The Bertz CT molecular complexity index is 2360. The zero-order chi connectivity index (χ0) is 31.4. The van der Waals surface area contributed by atoms with E-state index in [-0.39, 0.29) is 16.7 Å². The number of furan rings is 1. The second kappa shape index (κ2) is 9.50. The number of para-hydroxylation sites is 1. The van der Waals surface area contributed by atoms with E-state index in [1.165, 1.54) is 66.5 Å². The standard InChI is InChI=1S/C43H38N2O/c1-26-27(2)46-41-35(26)37-38(42(3,4)33-20-14-24-44-39(33)37)36-31-19-12-13-21-34(31)45(40(36)41)30-22-23-32(28-15-8-6-9-16-28)43(5,25-30)29-17-10-7-11-18-29/h6-23,25,32,44H,24H2,1-5H3. The Hall–Kier alpha value is -5.02. The highest BCUT2D eigenvalue weighted by Gasteiger charge is 2.43. The van der Waals surface area contributed by atoms with Crippen molar-refractivity contribution in [2.45, 2.75) is 51.4 Å². The first-order valence-electron chi connectivity index (χ1n) is 16.5. The van der Waals surface area contributed by atoms with Gasteiger partial charge in [-0.15, -0.1) is 0 Å². The number of rotatable bonds is 3. The number of nitrogens with one attached hydrogen (secondary N) is 1. The number of benzene rings is 4. The third-order valence-electron chi connectivity index (χ3n) is 11.1. The van der Waals surface area contributed by atoms with E-state index < -0.39 is 0 Å². The molecule has 0 fully saturated rings. The van der Waals surface area contributed by atoms with Gasteiger partial charge in [-0.2, -0.15) is 0 Å². The molecule has 3 heterocycles. The first-order chi connectivity index (χ1) is 22.3.